The summed E-state index contributed by atoms with van der Waals surface area (Å²) in [5.74, 6) is -0.0544. The highest BCUT2D eigenvalue weighted by atomic mass is 16.1. The van der Waals surface area contributed by atoms with E-state index in [9.17, 15) is 4.79 Å². The Morgan fingerprint density at radius 2 is 2.36 bits per heavy atom. The smallest absolute Gasteiger partial charge is 0.128 e. The second-order valence-electron chi connectivity index (χ2n) is 2.76. The van der Waals surface area contributed by atoms with E-state index in [1.54, 1.807) is 4.68 Å². The van der Waals surface area contributed by atoms with Gasteiger partial charge in [-0.3, -0.25) is 4.68 Å². The van der Waals surface area contributed by atoms with Crippen LogP contribution in [0.25, 0.3) is 0 Å². The van der Waals surface area contributed by atoms with Crippen LogP contribution in [0.15, 0.2) is 6.07 Å². The van der Waals surface area contributed by atoms with E-state index in [1.807, 2.05) is 27.0 Å². The average molecular weight is 152 g/mol. The van der Waals surface area contributed by atoms with Crippen molar-refractivity contribution in [3.05, 3.63) is 17.5 Å². The number of aldehydes is 1. The van der Waals surface area contributed by atoms with Gasteiger partial charge in [-0.05, 0) is 13.0 Å². The van der Waals surface area contributed by atoms with E-state index in [2.05, 4.69) is 5.10 Å². The largest absolute Gasteiger partial charge is 0.303 e. The molecule has 0 saturated heterocycles. The molecule has 0 amide bonds. The summed E-state index contributed by atoms with van der Waals surface area (Å²) in [6, 6.07) is 1.93. The summed E-state index contributed by atoms with van der Waals surface area (Å²) in [5, 5.41) is 4.14. The minimum absolute atomic E-state index is 0.0544. The fourth-order valence-corrected chi connectivity index (χ4v) is 1.13. The number of aromatic nitrogens is 2. The Morgan fingerprint density at radius 1 is 1.73 bits per heavy atom. The van der Waals surface area contributed by atoms with Crippen molar-refractivity contribution in [3.63, 3.8) is 0 Å². The van der Waals surface area contributed by atoms with E-state index >= 15 is 0 Å². The lowest BCUT2D eigenvalue weighted by atomic mass is 10.1. The molecule has 0 aliphatic heterocycles. The Bertz CT molecular complexity index is 265. The molecule has 0 saturated carbocycles. The highest BCUT2D eigenvalue weighted by Crippen LogP contribution is 2.12. The van der Waals surface area contributed by atoms with Crippen LogP contribution in [-0.2, 0) is 11.8 Å². The lowest BCUT2D eigenvalue weighted by Crippen LogP contribution is -2.03. The van der Waals surface area contributed by atoms with Gasteiger partial charge in [0.1, 0.15) is 6.29 Å². The number of carbonyl (C=O) groups is 1. The molecule has 3 heteroatoms. The summed E-state index contributed by atoms with van der Waals surface area (Å²) in [4.78, 5) is 10.4. The number of hydrogen-bond donors (Lipinski definition) is 0. The molecule has 3 nitrogen and oxygen atoms in total. The molecule has 0 radical (unpaired) electrons. The van der Waals surface area contributed by atoms with Crippen LogP contribution in [0.2, 0.25) is 0 Å². The van der Waals surface area contributed by atoms with Crippen LogP contribution in [0, 0.1) is 6.92 Å². The molecule has 60 valence electrons. The third kappa shape index (κ3) is 1.48. The summed E-state index contributed by atoms with van der Waals surface area (Å²) < 4.78 is 1.74. The maximum Gasteiger partial charge on any atom is 0.128 e. The lowest BCUT2D eigenvalue weighted by molar-refractivity contribution is -0.108. The first kappa shape index (κ1) is 7.98. The van der Waals surface area contributed by atoms with Gasteiger partial charge in [0, 0.05) is 12.7 Å². The molecule has 0 fully saturated rings. The van der Waals surface area contributed by atoms with Gasteiger partial charge in [0.15, 0.2) is 0 Å². The molecule has 1 heterocycles. The van der Waals surface area contributed by atoms with Crippen molar-refractivity contribution in [2.45, 2.75) is 19.8 Å². The average Bonchev–Trinajstić information content (AvgIpc) is 2.28. The summed E-state index contributed by atoms with van der Waals surface area (Å²) in [5.41, 5.74) is 1.92. The van der Waals surface area contributed by atoms with Gasteiger partial charge in [-0.15, -0.1) is 0 Å². The maximum atomic E-state index is 10.4. The number of nitrogens with zero attached hydrogens (tertiary/aromatic N) is 2. The summed E-state index contributed by atoms with van der Waals surface area (Å²) in [6.07, 6.45) is 0.927. The molecule has 0 aliphatic rings. The summed E-state index contributed by atoms with van der Waals surface area (Å²) in [7, 11) is 1.85. The predicted octanol–water partition coefficient (Wildman–Crippen LogP) is 1.03. The van der Waals surface area contributed by atoms with Crippen LogP contribution in [0.4, 0.5) is 0 Å². The first-order chi connectivity index (χ1) is 5.15. The Kier molecular flexibility index (Phi) is 2.08. The fourth-order valence-electron chi connectivity index (χ4n) is 1.13. The number of aryl methyl sites for hydroxylation is 2. The Balaban J connectivity index is 3.02. The standard InChI is InChI=1S/C8H12N2O/c1-6(5-11)8-4-7(2)9-10(8)3/h4-6H,1-3H3. The van der Waals surface area contributed by atoms with Crippen molar-refractivity contribution in [2.24, 2.45) is 7.05 Å². The molecule has 1 unspecified atom stereocenters. The van der Waals surface area contributed by atoms with E-state index in [0.29, 0.717) is 0 Å². The number of carbonyl (C=O) groups excluding carboxylic acids is 1. The van der Waals surface area contributed by atoms with Gasteiger partial charge in [0.25, 0.3) is 0 Å². The van der Waals surface area contributed by atoms with Crippen LogP contribution in [-0.4, -0.2) is 16.1 Å². The van der Waals surface area contributed by atoms with Crippen molar-refractivity contribution in [1.29, 1.82) is 0 Å². The van der Waals surface area contributed by atoms with Gasteiger partial charge >= 0.3 is 0 Å². The number of hydrogen-bond acceptors (Lipinski definition) is 2. The zero-order chi connectivity index (χ0) is 8.43. The van der Waals surface area contributed by atoms with E-state index in [-0.39, 0.29) is 5.92 Å². The molecule has 0 bridgehead atoms. The predicted molar refractivity (Wildman–Crippen MR) is 42.4 cm³/mol. The van der Waals surface area contributed by atoms with Crippen molar-refractivity contribution >= 4 is 6.29 Å². The van der Waals surface area contributed by atoms with Gasteiger partial charge in [-0.2, -0.15) is 5.10 Å². The highest BCUT2D eigenvalue weighted by molar-refractivity contribution is 5.60. The molecule has 0 N–H and O–H groups in total. The first-order valence-corrected chi connectivity index (χ1v) is 3.61. The van der Waals surface area contributed by atoms with Crippen molar-refractivity contribution in [1.82, 2.24) is 9.78 Å². The minimum atomic E-state index is -0.0544. The lowest BCUT2D eigenvalue weighted by Gasteiger charge is -2.01. The highest BCUT2D eigenvalue weighted by Gasteiger charge is 2.08. The van der Waals surface area contributed by atoms with Gasteiger partial charge in [0.05, 0.1) is 11.6 Å². The molecule has 0 aliphatic carbocycles. The maximum absolute atomic E-state index is 10.4. The van der Waals surface area contributed by atoms with Gasteiger partial charge < -0.3 is 4.79 Å². The minimum Gasteiger partial charge on any atom is -0.303 e. The summed E-state index contributed by atoms with van der Waals surface area (Å²) >= 11 is 0. The van der Waals surface area contributed by atoms with E-state index in [0.717, 1.165) is 17.7 Å². The Morgan fingerprint density at radius 3 is 2.73 bits per heavy atom. The van der Waals surface area contributed by atoms with E-state index < -0.39 is 0 Å². The monoisotopic (exact) mass is 152 g/mol. The SMILES string of the molecule is Cc1cc(C(C)C=O)n(C)n1. The summed E-state index contributed by atoms with van der Waals surface area (Å²) in [6.45, 7) is 3.78. The second kappa shape index (κ2) is 2.86. The topological polar surface area (TPSA) is 34.9 Å². The molecule has 0 spiro atoms. The zero-order valence-corrected chi connectivity index (χ0v) is 7.03. The molecule has 11 heavy (non-hydrogen) atoms. The van der Waals surface area contributed by atoms with Crippen LogP contribution < -0.4 is 0 Å². The molecule has 0 aromatic carbocycles. The Labute approximate surface area is 66.0 Å². The van der Waals surface area contributed by atoms with Crippen molar-refractivity contribution < 1.29 is 4.79 Å². The first-order valence-electron chi connectivity index (χ1n) is 3.61. The second-order valence-corrected chi connectivity index (χ2v) is 2.76. The van der Waals surface area contributed by atoms with Gasteiger partial charge in [-0.25, -0.2) is 0 Å². The Hall–Kier alpha value is -1.12. The molecular formula is C8H12N2O. The van der Waals surface area contributed by atoms with Crippen LogP contribution >= 0.6 is 0 Å². The third-order valence-corrected chi connectivity index (χ3v) is 1.71. The number of rotatable bonds is 2. The van der Waals surface area contributed by atoms with Crippen LogP contribution in [0.3, 0.4) is 0 Å². The van der Waals surface area contributed by atoms with E-state index in [4.69, 9.17) is 0 Å². The third-order valence-electron chi connectivity index (χ3n) is 1.71. The van der Waals surface area contributed by atoms with Crippen molar-refractivity contribution in [2.75, 3.05) is 0 Å². The molecule has 1 atom stereocenters. The fraction of sp³-hybridized carbons (Fsp3) is 0.500. The quantitative estimate of drug-likeness (QED) is 0.593. The molecule has 1 aromatic rings. The van der Waals surface area contributed by atoms with Gasteiger partial charge in [0.2, 0.25) is 0 Å². The van der Waals surface area contributed by atoms with Gasteiger partial charge in [-0.1, -0.05) is 6.92 Å². The normalized spacial score (nSPS) is 13.0. The molecule has 1 rings (SSSR count). The van der Waals surface area contributed by atoms with Crippen LogP contribution in [0.1, 0.15) is 24.2 Å². The van der Waals surface area contributed by atoms with Crippen LogP contribution in [0.5, 0.6) is 0 Å². The van der Waals surface area contributed by atoms with E-state index in [1.165, 1.54) is 0 Å². The zero-order valence-electron chi connectivity index (χ0n) is 7.03. The molecule has 1 aromatic heterocycles. The molecular weight excluding hydrogens is 140 g/mol. The van der Waals surface area contributed by atoms with Crippen molar-refractivity contribution in [3.8, 4) is 0 Å².